The molecular weight excluding hydrogens is 228 g/mol. The molecule has 0 amide bonds. The molecule has 98 valence electrons. The zero-order valence-corrected chi connectivity index (χ0v) is 10.8. The zero-order valence-electron chi connectivity index (χ0n) is 10.8. The monoisotopic (exact) mass is 248 g/mol. The Labute approximate surface area is 107 Å². The molecule has 1 aromatic rings. The summed E-state index contributed by atoms with van der Waals surface area (Å²) in [5.74, 6) is 0.403. The summed E-state index contributed by atoms with van der Waals surface area (Å²) in [5, 5.41) is 23.7. The van der Waals surface area contributed by atoms with E-state index in [1.165, 1.54) is 0 Å². The molecule has 2 rings (SSSR count). The Balaban J connectivity index is 2.37. The molecule has 0 spiro atoms. The first-order valence-corrected chi connectivity index (χ1v) is 6.64. The minimum Gasteiger partial charge on any atom is -0.391 e. The molecule has 1 aliphatic carbocycles. The Morgan fingerprint density at radius 1 is 1.44 bits per heavy atom. The van der Waals surface area contributed by atoms with Gasteiger partial charge in [0.2, 0.25) is 0 Å². The van der Waals surface area contributed by atoms with E-state index in [2.05, 4.69) is 11.2 Å². The number of nitriles is 1. The van der Waals surface area contributed by atoms with Gasteiger partial charge in [0.25, 0.3) is 0 Å². The van der Waals surface area contributed by atoms with Crippen molar-refractivity contribution in [1.29, 1.82) is 5.26 Å². The molecule has 2 atom stereocenters. The average Bonchev–Trinajstić information content (AvgIpc) is 2.54. The maximum absolute atomic E-state index is 10.2. The second-order valence-electron chi connectivity index (χ2n) is 4.89. The van der Waals surface area contributed by atoms with Crippen LogP contribution in [0.1, 0.15) is 56.3 Å². The Hall–Kier alpha value is -1.54. The van der Waals surface area contributed by atoms with Crippen LogP contribution in [-0.2, 0) is 6.42 Å². The summed E-state index contributed by atoms with van der Waals surface area (Å²) in [7, 11) is 0. The molecule has 1 aliphatic rings. The summed E-state index contributed by atoms with van der Waals surface area (Å²) in [4.78, 5) is 0. The van der Waals surface area contributed by atoms with Crippen LogP contribution >= 0.6 is 0 Å². The van der Waals surface area contributed by atoms with Gasteiger partial charge in [-0.05, 0) is 19.3 Å². The van der Waals surface area contributed by atoms with E-state index in [0.717, 1.165) is 37.8 Å². The van der Waals surface area contributed by atoms with Crippen molar-refractivity contribution in [3.05, 3.63) is 11.3 Å². The van der Waals surface area contributed by atoms with E-state index >= 15 is 0 Å². The van der Waals surface area contributed by atoms with Gasteiger partial charge in [0, 0.05) is 0 Å². The van der Waals surface area contributed by atoms with Crippen LogP contribution < -0.4 is 5.73 Å². The van der Waals surface area contributed by atoms with Crippen molar-refractivity contribution in [2.24, 2.45) is 0 Å². The topological polar surface area (TPSA) is 87.9 Å². The second-order valence-corrected chi connectivity index (χ2v) is 4.89. The molecule has 5 heteroatoms. The van der Waals surface area contributed by atoms with Crippen molar-refractivity contribution in [1.82, 2.24) is 9.78 Å². The van der Waals surface area contributed by atoms with Gasteiger partial charge in [0.1, 0.15) is 17.5 Å². The van der Waals surface area contributed by atoms with E-state index in [-0.39, 0.29) is 6.04 Å². The molecule has 2 unspecified atom stereocenters. The largest absolute Gasteiger partial charge is 0.391 e. The number of aromatic nitrogens is 2. The number of nitrogen functional groups attached to an aromatic ring is 1. The number of hydrogen-bond donors (Lipinski definition) is 2. The van der Waals surface area contributed by atoms with Crippen LogP contribution in [-0.4, -0.2) is 21.0 Å². The maximum atomic E-state index is 10.2. The summed E-state index contributed by atoms with van der Waals surface area (Å²) in [5.41, 5.74) is 7.20. The van der Waals surface area contributed by atoms with E-state index < -0.39 is 6.10 Å². The molecule has 0 saturated heterocycles. The standard InChI is InChI=1S/C13H20N4O/c1-2-10-9(8-14)13(15)17(16-10)11-6-4-3-5-7-12(11)18/h11-12,18H,2-7,15H2,1H3. The van der Waals surface area contributed by atoms with Gasteiger partial charge in [-0.1, -0.05) is 26.2 Å². The Kier molecular flexibility index (Phi) is 3.87. The van der Waals surface area contributed by atoms with Gasteiger partial charge in [0.05, 0.1) is 17.8 Å². The number of nitrogens with zero attached hydrogens (tertiary/aromatic N) is 3. The lowest BCUT2D eigenvalue weighted by Crippen LogP contribution is -2.25. The SMILES string of the molecule is CCc1nn(C2CCCCCC2O)c(N)c1C#N. The third-order valence-electron chi connectivity index (χ3n) is 3.72. The van der Waals surface area contributed by atoms with Crippen LogP contribution in [0.3, 0.4) is 0 Å². The normalized spacial score (nSPS) is 24.5. The maximum Gasteiger partial charge on any atom is 0.140 e. The van der Waals surface area contributed by atoms with Crippen LogP contribution in [0, 0.1) is 11.3 Å². The van der Waals surface area contributed by atoms with Gasteiger partial charge >= 0.3 is 0 Å². The number of anilines is 1. The molecule has 5 nitrogen and oxygen atoms in total. The van der Waals surface area contributed by atoms with Crippen molar-refractivity contribution >= 4 is 5.82 Å². The quantitative estimate of drug-likeness (QED) is 0.781. The van der Waals surface area contributed by atoms with Gasteiger partial charge in [-0.3, -0.25) is 0 Å². The van der Waals surface area contributed by atoms with Gasteiger partial charge < -0.3 is 10.8 Å². The van der Waals surface area contributed by atoms with Crippen LogP contribution in [0.2, 0.25) is 0 Å². The fraction of sp³-hybridized carbons (Fsp3) is 0.692. The highest BCUT2D eigenvalue weighted by molar-refractivity contribution is 5.52. The predicted molar refractivity (Wildman–Crippen MR) is 68.9 cm³/mol. The molecule has 1 heterocycles. The highest BCUT2D eigenvalue weighted by Crippen LogP contribution is 2.31. The fourth-order valence-electron chi connectivity index (χ4n) is 2.67. The van der Waals surface area contributed by atoms with E-state index in [1.54, 1.807) is 4.68 Å². The van der Waals surface area contributed by atoms with Crippen molar-refractivity contribution in [2.45, 2.75) is 57.6 Å². The summed E-state index contributed by atoms with van der Waals surface area (Å²) in [6, 6.07) is 2.03. The molecule has 0 bridgehead atoms. The molecule has 1 saturated carbocycles. The van der Waals surface area contributed by atoms with Crippen molar-refractivity contribution in [2.75, 3.05) is 5.73 Å². The highest BCUT2D eigenvalue weighted by Gasteiger charge is 2.27. The number of aliphatic hydroxyl groups excluding tert-OH is 1. The average molecular weight is 248 g/mol. The summed E-state index contributed by atoms with van der Waals surface area (Å²) in [6.07, 6.45) is 5.19. The van der Waals surface area contributed by atoms with Gasteiger partial charge in [-0.2, -0.15) is 10.4 Å². The summed E-state index contributed by atoms with van der Waals surface area (Å²) < 4.78 is 1.67. The van der Waals surface area contributed by atoms with E-state index in [9.17, 15) is 5.11 Å². The third kappa shape index (κ3) is 2.21. The molecular formula is C13H20N4O. The summed E-state index contributed by atoms with van der Waals surface area (Å²) >= 11 is 0. The molecule has 0 radical (unpaired) electrons. The smallest absolute Gasteiger partial charge is 0.140 e. The number of aliphatic hydroxyl groups is 1. The van der Waals surface area contributed by atoms with E-state index in [1.807, 2.05) is 6.92 Å². The first kappa shape index (κ1) is 12.9. The first-order valence-electron chi connectivity index (χ1n) is 6.64. The Bertz CT molecular complexity index is 460. The number of hydrogen-bond acceptors (Lipinski definition) is 4. The minimum absolute atomic E-state index is 0.0834. The number of rotatable bonds is 2. The van der Waals surface area contributed by atoms with Crippen LogP contribution in [0.25, 0.3) is 0 Å². The Morgan fingerprint density at radius 3 is 2.78 bits per heavy atom. The Morgan fingerprint density at radius 2 is 2.17 bits per heavy atom. The molecule has 3 N–H and O–H groups in total. The summed E-state index contributed by atoms with van der Waals surface area (Å²) in [6.45, 7) is 1.95. The highest BCUT2D eigenvalue weighted by atomic mass is 16.3. The molecule has 0 aromatic carbocycles. The lowest BCUT2D eigenvalue weighted by Gasteiger charge is -2.21. The lowest BCUT2D eigenvalue weighted by molar-refractivity contribution is 0.1000. The third-order valence-corrected chi connectivity index (χ3v) is 3.72. The first-order chi connectivity index (χ1) is 8.69. The molecule has 0 aliphatic heterocycles. The lowest BCUT2D eigenvalue weighted by atomic mass is 10.1. The van der Waals surface area contributed by atoms with E-state index in [0.29, 0.717) is 17.8 Å². The molecule has 1 aromatic heterocycles. The van der Waals surface area contributed by atoms with Gasteiger partial charge in [-0.25, -0.2) is 4.68 Å². The van der Waals surface area contributed by atoms with Crippen LogP contribution in [0.4, 0.5) is 5.82 Å². The van der Waals surface area contributed by atoms with Crippen molar-refractivity contribution < 1.29 is 5.11 Å². The number of nitrogens with two attached hydrogens (primary N) is 1. The van der Waals surface area contributed by atoms with Gasteiger partial charge in [-0.15, -0.1) is 0 Å². The number of aryl methyl sites for hydroxylation is 1. The van der Waals surface area contributed by atoms with Crippen molar-refractivity contribution in [3.63, 3.8) is 0 Å². The molecule has 1 fully saturated rings. The van der Waals surface area contributed by atoms with E-state index in [4.69, 9.17) is 11.0 Å². The fourth-order valence-corrected chi connectivity index (χ4v) is 2.67. The van der Waals surface area contributed by atoms with Crippen LogP contribution in [0.15, 0.2) is 0 Å². The van der Waals surface area contributed by atoms with Crippen LogP contribution in [0.5, 0.6) is 0 Å². The predicted octanol–water partition coefficient (Wildman–Crippen LogP) is 1.77. The molecule has 18 heavy (non-hydrogen) atoms. The zero-order chi connectivity index (χ0) is 13.1. The van der Waals surface area contributed by atoms with Crippen molar-refractivity contribution in [3.8, 4) is 6.07 Å². The second kappa shape index (κ2) is 5.40. The van der Waals surface area contributed by atoms with Gasteiger partial charge in [0.15, 0.2) is 0 Å². The minimum atomic E-state index is -0.411.